The monoisotopic (exact) mass is 313 g/mol. The Labute approximate surface area is 121 Å². The van der Waals surface area contributed by atoms with Crippen LogP contribution >= 0.6 is 0 Å². The van der Waals surface area contributed by atoms with Crippen molar-refractivity contribution in [3.05, 3.63) is 53.7 Å². The van der Waals surface area contributed by atoms with Gasteiger partial charge < -0.3 is 5.32 Å². The SMILES string of the molecule is CNCc1ccc(S(=O)(=O)Nc2ccc(F)cc2F)nc1. The van der Waals surface area contributed by atoms with Crippen LogP contribution in [0.1, 0.15) is 5.56 Å². The molecule has 112 valence electrons. The van der Waals surface area contributed by atoms with E-state index in [1.54, 1.807) is 13.1 Å². The summed E-state index contributed by atoms with van der Waals surface area (Å²) in [6.07, 6.45) is 1.41. The maximum Gasteiger partial charge on any atom is 0.279 e. The van der Waals surface area contributed by atoms with Gasteiger partial charge in [-0.25, -0.2) is 13.8 Å². The molecule has 0 aliphatic carbocycles. The first-order valence-electron chi connectivity index (χ1n) is 6.00. The maximum absolute atomic E-state index is 13.5. The zero-order chi connectivity index (χ0) is 15.5. The van der Waals surface area contributed by atoms with E-state index >= 15 is 0 Å². The summed E-state index contributed by atoms with van der Waals surface area (Å²) in [4.78, 5) is 3.83. The van der Waals surface area contributed by atoms with E-state index in [-0.39, 0.29) is 10.7 Å². The summed E-state index contributed by atoms with van der Waals surface area (Å²) >= 11 is 0. The van der Waals surface area contributed by atoms with Crippen molar-refractivity contribution in [2.24, 2.45) is 0 Å². The molecule has 2 N–H and O–H groups in total. The molecule has 0 fully saturated rings. The molecule has 0 bridgehead atoms. The molecule has 8 heteroatoms. The minimum atomic E-state index is -4.02. The van der Waals surface area contributed by atoms with Gasteiger partial charge in [-0.15, -0.1) is 0 Å². The second kappa shape index (κ2) is 6.15. The largest absolute Gasteiger partial charge is 0.316 e. The quantitative estimate of drug-likeness (QED) is 0.884. The lowest BCUT2D eigenvalue weighted by Gasteiger charge is -2.09. The van der Waals surface area contributed by atoms with Crippen molar-refractivity contribution in [2.75, 3.05) is 11.8 Å². The minimum absolute atomic E-state index is 0.244. The van der Waals surface area contributed by atoms with Gasteiger partial charge in [-0.3, -0.25) is 4.72 Å². The minimum Gasteiger partial charge on any atom is -0.316 e. The van der Waals surface area contributed by atoms with Gasteiger partial charge in [0, 0.05) is 18.8 Å². The molecule has 0 atom stereocenters. The summed E-state index contributed by atoms with van der Waals surface area (Å²) in [6.45, 7) is 0.549. The van der Waals surface area contributed by atoms with E-state index in [2.05, 4.69) is 10.3 Å². The first kappa shape index (κ1) is 15.3. The molecule has 21 heavy (non-hydrogen) atoms. The van der Waals surface area contributed by atoms with E-state index in [1.165, 1.54) is 12.3 Å². The van der Waals surface area contributed by atoms with Crippen LogP contribution in [0.25, 0.3) is 0 Å². The average molecular weight is 313 g/mol. The number of hydrogen-bond acceptors (Lipinski definition) is 4. The van der Waals surface area contributed by atoms with E-state index in [0.717, 1.165) is 17.7 Å². The molecule has 2 aromatic rings. The van der Waals surface area contributed by atoms with Gasteiger partial charge in [0.1, 0.15) is 11.6 Å². The zero-order valence-corrected chi connectivity index (χ0v) is 11.9. The second-order valence-electron chi connectivity index (χ2n) is 4.26. The molecule has 1 aromatic heterocycles. The number of halogens is 2. The van der Waals surface area contributed by atoms with Crippen LogP contribution in [0.15, 0.2) is 41.6 Å². The van der Waals surface area contributed by atoms with E-state index in [1.807, 2.05) is 4.72 Å². The molecule has 2 rings (SSSR count). The van der Waals surface area contributed by atoms with Crippen LogP contribution in [-0.4, -0.2) is 20.4 Å². The Morgan fingerprint density at radius 1 is 1.19 bits per heavy atom. The number of rotatable bonds is 5. The van der Waals surface area contributed by atoms with Crippen LogP contribution in [0.5, 0.6) is 0 Å². The van der Waals surface area contributed by atoms with Crippen molar-refractivity contribution in [2.45, 2.75) is 11.6 Å². The molecular weight excluding hydrogens is 300 g/mol. The van der Waals surface area contributed by atoms with Crippen LogP contribution in [0.2, 0.25) is 0 Å². The predicted octanol–water partition coefficient (Wildman–Crippen LogP) is 1.88. The van der Waals surface area contributed by atoms with Gasteiger partial charge in [-0.2, -0.15) is 8.42 Å². The molecule has 0 radical (unpaired) electrons. The third-order valence-corrected chi connectivity index (χ3v) is 3.91. The second-order valence-corrected chi connectivity index (χ2v) is 5.89. The number of anilines is 1. The van der Waals surface area contributed by atoms with Crippen molar-refractivity contribution < 1.29 is 17.2 Å². The molecule has 0 aliphatic heterocycles. The highest BCUT2D eigenvalue weighted by molar-refractivity contribution is 7.92. The van der Waals surface area contributed by atoms with Crippen molar-refractivity contribution in [3.63, 3.8) is 0 Å². The number of benzene rings is 1. The number of nitrogens with zero attached hydrogens (tertiary/aromatic N) is 1. The predicted molar refractivity (Wildman–Crippen MR) is 74.2 cm³/mol. The standard InChI is InChI=1S/C13H13F2N3O2S/c1-16-7-9-2-5-13(17-8-9)21(19,20)18-12-4-3-10(14)6-11(12)15/h2-6,8,16,18H,7H2,1H3. The highest BCUT2D eigenvalue weighted by atomic mass is 32.2. The summed E-state index contributed by atoms with van der Waals surface area (Å²) < 4.78 is 52.4. The number of nitrogens with one attached hydrogen (secondary N) is 2. The Morgan fingerprint density at radius 2 is 1.95 bits per heavy atom. The molecular formula is C13H13F2N3O2S. The van der Waals surface area contributed by atoms with Crippen molar-refractivity contribution in [1.29, 1.82) is 0 Å². The molecule has 0 saturated carbocycles. The highest BCUT2D eigenvalue weighted by Gasteiger charge is 2.18. The molecule has 0 spiro atoms. The van der Waals surface area contributed by atoms with Gasteiger partial charge >= 0.3 is 0 Å². The summed E-state index contributed by atoms with van der Waals surface area (Å²) in [5.41, 5.74) is 0.474. The summed E-state index contributed by atoms with van der Waals surface area (Å²) in [7, 11) is -2.27. The van der Waals surface area contributed by atoms with Crippen LogP contribution in [-0.2, 0) is 16.6 Å². The highest BCUT2D eigenvalue weighted by Crippen LogP contribution is 2.19. The molecule has 0 unspecified atom stereocenters. The van der Waals surface area contributed by atoms with E-state index < -0.39 is 21.7 Å². The van der Waals surface area contributed by atoms with Gasteiger partial charge in [0.25, 0.3) is 10.0 Å². The molecule has 1 heterocycles. The topological polar surface area (TPSA) is 71.1 Å². The Bertz CT molecular complexity index is 734. The third-order valence-electron chi connectivity index (χ3n) is 2.63. The Kier molecular flexibility index (Phi) is 4.49. The average Bonchev–Trinajstić information content (AvgIpc) is 2.43. The fraction of sp³-hybridized carbons (Fsp3) is 0.154. The van der Waals surface area contributed by atoms with Crippen LogP contribution in [0.4, 0.5) is 14.5 Å². The van der Waals surface area contributed by atoms with Crippen molar-refractivity contribution in [1.82, 2.24) is 10.3 Å². The lowest BCUT2D eigenvalue weighted by molar-refractivity contribution is 0.582. The van der Waals surface area contributed by atoms with Crippen molar-refractivity contribution >= 4 is 15.7 Å². The fourth-order valence-corrected chi connectivity index (χ4v) is 2.65. The normalized spacial score (nSPS) is 11.4. The lowest BCUT2D eigenvalue weighted by atomic mass is 10.3. The summed E-state index contributed by atoms with van der Waals surface area (Å²) in [5, 5.41) is 2.66. The molecule has 1 aromatic carbocycles. The zero-order valence-electron chi connectivity index (χ0n) is 11.1. The third kappa shape index (κ3) is 3.73. The molecule has 0 saturated heterocycles. The van der Waals surface area contributed by atoms with Gasteiger partial charge in [0.05, 0.1) is 5.69 Å². The Balaban J connectivity index is 2.25. The number of pyridine rings is 1. The molecule has 0 amide bonds. The number of hydrogen-bond donors (Lipinski definition) is 2. The molecule has 5 nitrogen and oxygen atoms in total. The lowest BCUT2D eigenvalue weighted by Crippen LogP contribution is -2.16. The fourth-order valence-electron chi connectivity index (χ4n) is 1.65. The summed E-state index contributed by atoms with van der Waals surface area (Å²) in [5.74, 6) is -1.78. The van der Waals surface area contributed by atoms with Gasteiger partial charge in [0.2, 0.25) is 0 Å². The van der Waals surface area contributed by atoms with E-state index in [9.17, 15) is 17.2 Å². The Hall–Kier alpha value is -2.06. The van der Waals surface area contributed by atoms with Crippen molar-refractivity contribution in [3.8, 4) is 0 Å². The van der Waals surface area contributed by atoms with Gasteiger partial charge in [-0.05, 0) is 30.8 Å². The molecule has 0 aliphatic rings. The van der Waals surface area contributed by atoms with Gasteiger partial charge in [-0.1, -0.05) is 6.07 Å². The van der Waals surface area contributed by atoms with Crippen LogP contribution < -0.4 is 10.0 Å². The first-order chi connectivity index (χ1) is 9.92. The summed E-state index contributed by atoms with van der Waals surface area (Å²) in [6, 6.07) is 5.48. The van der Waals surface area contributed by atoms with Crippen LogP contribution in [0.3, 0.4) is 0 Å². The number of sulfonamides is 1. The maximum atomic E-state index is 13.5. The van der Waals surface area contributed by atoms with Crippen LogP contribution in [0, 0.1) is 11.6 Å². The van der Waals surface area contributed by atoms with E-state index in [4.69, 9.17) is 0 Å². The smallest absolute Gasteiger partial charge is 0.279 e. The first-order valence-corrected chi connectivity index (χ1v) is 7.48. The van der Waals surface area contributed by atoms with E-state index in [0.29, 0.717) is 12.6 Å². The number of aromatic nitrogens is 1. The van der Waals surface area contributed by atoms with Gasteiger partial charge in [0.15, 0.2) is 5.03 Å². The Morgan fingerprint density at radius 3 is 2.52 bits per heavy atom.